The lowest BCUT2D eigenvalue weighted by molar-refractivity contribution is 0.0244. The summed E-state index contributed by atoms with van der Waals surface area (Å²) in [4.78, 5) is 2.27. The molecule has 1 aromatic carbocycles. The molecule has 0 aliphatic carbocycles. The number of piperidine rings is 1. The van der Waals surface area contributed by atoms with E-state index in [1.165, 1.54) is 0 Å². The third-order valence-electron chi connectivity index (χ3n) is 3.50. The number of para-hydroxylation sites is 1. The Morgan fingerprint density at radius 2 is 2.22 bits per heavy atom. The van der Waals surface area contributed by atoms with Crippen LogP contribution in [0.25, 0.3) is 0 Å². The Labute approximate surface area is 117 Å². The molecule has 4 heteroatoms. The minimum absolute atomic E-state index is 0.192. The normalized spacial score (nSPS) is 25.1. The van der Waals surface area contributed by atoms with Gasteiger partial charge < -0.3 is 9.84 Å². The largest absolute Gasteiger partial charge is 0.491 e. The van der Waals surface area contributed by atoms with Gasteiger partial charge in [0.1, 0.15) is 12.4 Å². The van der Waals surface area contributed by atoms with Crippen LogP contribution in [0.1, 0.15) is 13.3 Å². The van der Waals surface area contributed by atoms with Crippen LogP contribution in [0.2, 0.25) is 0 Å². The average molecular weight is 314 g/mol. The van der Waals surface area contributed by atoms with Gasteiger partial charge in [0.25, 0.3) is 0 Å². The Bertz CT molecular complexity index is 386. The molecule has 1 heterocycles. The summed E-state index contributed by atoms with van der Waals surface area (Å²) < 4.78 is 6.72. The third kappa shape index (κ3) is 3.70. The molecule has 1 N–H and O–H groups in total. The van der Waals surface area contributed by atoms with Gasteiger partial charge in [-0.1, -0.05) is 19.1 Å². The maximum absolute atomic E-state index is 9.82. The van der Waals surface area contributed by atoms with Crippen molar-refractivity contribution in [3.05, 3.63) is 28.7 Å². The maximum atomic E-state index is 9.82. The Balaban J connectivity index is 1.74. The second kappa shape index (κ2) is 6.55. The number of hydrogen-bond donors (Lipinski definition) is 1. The lowest BCUT2D eigenvalue weighted by atomic mass is 9.96. The molecule has 0 saturated carbocycles. The summed E-state index contributed by atoms with van der Waals surface area (Å²) in [6.45, 7) is 5.45. The minimum atomic E-state index is -0.192. The molecular formula is C14H20BrNO2. The van der Waals surface area contributed by atoms with E-state index in [4.69, 9.17) is 4.74 Å². The SMILES string of the molecule is CC1CCN(CCOc2ccccc2Br)CC1O. The fourth-order valence-corrected chi connectivity index (χ4v) is 2.56. The molecule has 1 aliphatic rings. The van der Waals surface area contributed by atoms with Gasteiger partial charge in [0, 0.05) is 13.1 Å². The molecule has 2 rings (SSSR count). The molecule has 1 fully saturated rings. The van der Waals surface area contributed by atoms with Crippen LogP contribution in [0.15, 0.2) is 28.7 Å². The van der Waals surface area contributed by atoms with Gasteiger partial charge >= 0.3 is 0 Å². The summed E-state index contributed by atoms with van der Waals surface area (Å²) >= 11 is 3.46. The second-order valence-corrected chi connectivity index (χ2v) is 5.77. The van der Waals surface area contributed by atoms with Crippen molar-refractivity contribution in [3.63, 3.8) is 0 Å². The standard InChI is InChI=1S/C14H20BrNO2/c1-11-6-7-16(10-13(11)17)8-9-18-14-5-3-2-4-12(14)15/h2-5,11,13,17H,6-10H2,1H3. The summed E-state index contributed by atoms with van der Waals surface area (Å²) in [7, 11) is 0. The molecule has 0 bridgehead atoms. The first kappa shape index (κ1) is 13.8. The Kier molecular flexibility index (Phi) is 5.03. The first-order valence-corrected chi connectivity index (χ1v) is 7.24. The molecule has 2 atom stereocenters. The van der Waals surface area contributed by atoms with Crippen molar-refractivity contribution in [3.8, 4) is 5.75 Å². The molecule has 0 amide bonds. The number of aliphatic hydroxyl groups is 1. The number of β-amino-alcohol motifs (C(OH)–C–C–N with tert-alkyl or cyclic N) is 1. The van der Waals surface area contributed by atoms with Crippen LogP contribution in [0.3, 0.4) is 0 Å². The highest BCUT2D eigenvalue weighted by Crippen LogP contribution is 2.23. The van der Waals surface area contributed by atoms with Gasteiger partial charge in [-0.2, -0.15) is 0 Å². The molecular weight excluding hydrogens is 294 g/mol. The number of aliphatic hydroxyl groups excluding tert-OH is 1. The number of likely N-dealkylation sites (tertiary alicyclic amines) is 1. The maximum Gasteiger partial charge on any atom is 0.133 e. The predicted molar refractivity (Wildman–Crippen MR) is 75.9 cm³/mol. The van der Waals surface area contributed by atoms with Gasteiger partial charge in [-0.25, -0.2) is 0 Å². The van der Waals surface area contributed by atoms with Gasteiger partial charge in [0.15, 0.2) is 0 Å². The molecule has 0 radical (unpaired) electrons. The van der Waals surface area contributed by atoms with Gasteiger partial charge in [-0.05, 0) is 46.9 Å². The number of hydrogen-bond acceptors (Lipinski definition) is 3. The van der Waals surface area contributed by atoms with E-state index in [0.717, 1.165) is 36.3 Å². The molecule has 0 spiro atoms. The van der Waals surface area contributed by atoms with Crippen LogP contribution < -0.4 is 4.74 Å². The minimum Gasteiger partial charge on any atom is -0.491 e. The Hall–Kier alpha value is -0.580. The van der Waals surface area contributed by atoms with Crippen molar-refractivity contribution in [1.29, 1.82) is 0 Å². The van der Waals surface area contributed by atoms with Crippen molar-refractivity contribution in [2.24, 2.45) is 5.92 Å². The zero-order valence-corrected chi connectivity index (χ0v) is 12.3. The van der Waals surface area contributed by atoms with Gasteiger partial charge in [0.2, 0.25) is 0 Å². The van der Waals surface area contributed by atoms with Crippen molar-refractivity contribution in [2.45, 2.75) is 19.4 Å². The average Bonchev–Trinajstić information content (AvgIpc) is 2.36. The number of halogens is 1. The first-order valence-electron chi connectivity index (χ1n) is 6.44. The first-order chi connectivity index (χ1) is 8.66. The molecule has 18 heavy (non-hydrogen) atoms. The summed E-state index contributed by atoms with van der Waals surface area (Å²) in [5, 5.41) is 9.82. The van der Waals surface area contributed by atoms with Crippen LogP contribution in [0.4, 0.5) is 0 Å². The fraction of sp³-hybridized carbons (Fsp3) is 0.571. The quantitative estimate of drug-likeness (QED) is 0.927. The van der Waals surface area contributed by atoms with E-state index < -0.39 is 0 Å². The zero-order valence-electron chi connectivity index (χ0n) is 10.7. The van der Waals surface area contributed by atoms with E-state index >= 15 is 0 Å². The van der Waals surface area contributed by atoms with E-state index in [9.17, 15) is 5.11 Å². The highest BCUT2D eigenvalue weighted by Gasteiger charge is 2.23. The topological polar surface area (TPSA) is 32.7 Å². The monoisotopic (exact) mass is 313 g/mol. The van der Waals surface area contributed by atoms with Gasteiger partial charge in [0.05, 0.1) is 10.6 Å². The number of ether oxygens (including phenoxy) is 1. The lowest BCUT2D eigenvalue weighted by Crippen LogP contribution is -2.44. The van der Waals surface area contributed by atoms with Crippen LogP contribution in [-0.4, -0.2) is 42.4 Å². The summed E-state index contributed by atoms with van der Waals surface area (Å²) in [5.74, 6) is 1.30. The molecule has 3 nitrogen and oxygen atoms in total. The van der Waals surface area contributed by atoms with Crippen molar-refractivity contribution < 1.29 is 9.84 Å². The van der Waals surface area contributed by atoms with Crippen molar-refractivity contribution >= 4 is 15.9 Å². The highest BCUT2D eigenvalue weighted by molar-refractivity contribution is 9.10. The van der Waals surface area contributed by atoms with Crippen molar-refractivity contribution in [2.75, 3.05) is 26.2 Å². The molecule has 1 aliphatic heterocycles. The summed E-state index contributed by atoms with van der Waals surface area (Å²) in [6, 6.07) is 7.87. The molecule has 100 valence electrons. The van der Waals surface area contributed by atoms with Crippen LogP contribution in [0, 0.1) is 5.92 Å². The van der Waals surface area contributed by atoms with Crippen LogP contribution in [-0.2, 0) is 0 Å². The molecule has 2 unspecified atom stereocenters. The van der Waals surface area contributed by atoms with Gasteiger partial charge in [-0.15, -0.1) is 0 Å². The van der Waals surface area contributed by atoms with E-state index in [0.29, 0.717) is 12.5 Å². The summed E-state index contributed by atoms with van der Waals surface area (Å²) in [6.07, 6.45) is 0.873. The van der Waals surface area contributed by atoms with E-state index in [1.54, 1.807) is 0 Å². The van der Waals surface area contributed by atoms with Gasteiger partial charge in [-0.3, -0.25) is 4.90 Å². The van der Waals surface area contributed by atoms with Crippen molar-refractivity contribution in [1.82, 2.24) is 4.90 Å². The number of nitrogens with zero attached hydrogens (tertiary/aromatic N) is 1. The molecule has 1 aromatic rings. The summed E-state index contributed by atoms with van der Waals surface area (Å²) in [5.41, 5.74) is 0. The predicted octanol–water partition coefficient (Wildman–Crippen LogP) is 2.53. The lowest BCUT2D eigenvalue weighted by Gasteiger charge is -2.34. The van der Waals surface area contributed by atoms with E-state index in [2.05, 4.69) is 27.8 Å². The Morgan fingerprint density at radius 1 is 1.44 bits per heavy atom. The van der Waals surface area contributed by atoms with E-state index in [1.807, 2.05) is 24.3 Å². The Morgan fingerprint density at radius 3 is 2.94 bits per heavy atom. The molecule has 1 saturated heterocycles. The number of benzene rings is 1. The highest BCUT2D eigenvalue weighted by atomic mass is 79.9. The number of rotatable bonds is 4. The second-order valence-electron chi connectivity index (χ2n) is 4.91. The molecule has 0 aromatic heterocycles. The van der Waals surface area contributed by atoms with E-state index in [-0.39, 0.29) is 6.10 Å². The zero-order chi connectivity index (χ0) is 13.0. The van der Waals surface area contributed by atoms with Crippen LogP contribution in [0.5, 0.6) is 5.75 Å². The smallest absolute Gasteiger partial charge is 0.133 e. The van der Waals surface area contributed by atoms with Crippen LogP contribution >= 0.6 is 15.9 Å². The third-order valence-corrected chi connectivity index (χ3v) is 4.16. The fourth-order valence-electron chi connectivity index (χ4n) is 2.16.